The Kier molecular flexibility index (Phi) is 4.19. The predicted molar refractivity (Wildman–Crippen MR) is 71.0 cm³/mol. The van der Waals surface area contributed by atoms with E-state index in [1.807, 2.05) is 12.1 Å². The van der Waals surface area contributed by atoms with Crippen LogP contribution in [-0.4, -0.2) is 29.1 Å². The van der Waals surface area contributed by atoms with E-state index in [2.05, 4.69) is 30.9 Å². The smallest absolute Gasteiger partial charge is 0.0917 e. The van der Waals surface area contributed by atoms with Crippen molar-refractivity contribution in [1.82, 2.24) is 4.90 Å². The summed E-state index contributed by atoms with van der Waals surface area (Å²) in [5.41, 5.74) is 2.28. The summed E-state index contributed by atoms with van der Waals surface area (Å²) >= 11 is 0. The highest BCUT2D eigenvalue weighted by molar-refractivity contribution is 5.23. The first-order valence-electron chi connectivity index (χ1n) is 6.69. The van der Waals surface area contributed by atoms with Crippen molar-refractivity contribution in [3.63, 3.8) is 0 Å². The highest BCUT2D eigenvalue weighted by Crippen LogP contribution is 2.28. The van der Waals surface area contributed by atoms with Gasteiger partial charge in [-0.15, -0.1) is 0 Å². The maximum atomic E-state index is 10.2. The van der Waals surface area contributed by atoms with E-state index in [1.165, 1.54) is 18.4 Å². The third-order valence-corrected chi connectivity index (χ3v) is 3.44. The van der Waals surface area contributed by atoms with Gasteiger partial charge in [0.15, 0.2) is 0 Å². The van der Waals surface area contributed by atoms with Crippen molar-refractivity contribution in [3.05, 3.63) is 35.4 Å². The van der Waals surface area contributed by atoms with Gasteiger partial charge in [0.25, 0.3) is 0 Å². The Morgan fingerprint density at radius 3 is 2.47 bits per heavy atom. The molecule has 0 saturated heterocycles. The van der Waals surface area contributed by atoms with Gasteiger partial charge in [-0.05, 0) is 38.3 Å². The van der Waals surface area contributed by atoms with E-state index in [1.54, 1.807) is 0 Å². The van der Waals surface area contributed by atoms with Gasteiger partial charge in [0, 0.05) is 12.6 Å². The van der Waals surface area contributed by atoms with E-state index in [0.717, 1.165) is 31.1 Å². The Labute approximate surface area is 104 Å². The molecule has 2 nitrogen and oxygen atoms in total. The van der Waals surface area contributed by atoms with Crippen molar-refractivity contribution >= 4 is 0 Å². The van der Waals surface area contributed by atoms with E-state index in [0.29, 0.717) is 0 Å². The summed E-state index contributed by atoms with van der Waals surface area (Å²) in [5.74, 6) is 0. The van der Waals surface area contributed by atoms with E-state index < -0.39 is 0 Å². The summed E-state index contributed by atoms with van der Waals surface area (Å²) in [4.78, 5) is 2.44. The van der Waals surface area contributed by atoms with E-state index in [-0.39, 0.29) is 6.10 Å². The molecule has 94 valence electrons. The Bertz CT molecular complexity index is 342. The van der Waals surface area contributed by atoms with Crippen molar-refractivity contribution in [1.29, 1.82) is 0 Å². The van der Waals surface area contributed by atoms with Crippen LogP contribution in [0.3, 0.4) is 0 Å². The van der Waals surface area contributed by atoms with Gasteiger partial charge in [-0.25, -0.2) is 0 Å². The first-order valence-corrected chi connectivity index (χ1v) is 6.69. The molecule has 17 heavy (non-hydrogen) atoms. The molecular formula is C15H23NO. The minimum atomic E-state index is -0.345. The number of hydrogen-bond acceptors (Lipinski definition) is 2. The molecule has 1 aromatic carbocycles. The van der Waals surface area contributed by atoms with Gasteiger partial charge in [-0.2, -0.15) is 0 Å². The Morgan fingerprint density at radius 1 is 1.29 bits per heavy atom. The number of rotatable bonds is 6. The Hall–Kier alpha value is -0.860. The van der Waals surface area contributed by atoms with Crippen LogP contribution in [-0.2, 0) is 0 Å². The molecule has 0 spiro atoms. The number of benzene rings is 1. The lowest BCUT2D eigenvalue weighted by Gasteiger charge is -2.24. The molecule has 0 bridgehead atoms. The Balaban J connectivity index is 1.94. The Morgan fingerprint density at radius 2 is 1.94 bits per heavy atom. The second-order valence-electron chi connectivity index (χ2n) is 5.15. The van der Waals surface area contributed by atoms with Crippen LogP contribution in [0.1, 0.15) is 43.4 Å². The fourth-order valence-electron chi connectivity index (χ4n) is 2.27. The van der Waals surface area contributed by atoms with Crippen molar-refractivity contribution in [3.8, 4) is 0 Å². The van der Waals surface area contributed by atoms with Gasteiger partial charge in [-0.1, -0.05) is 36.8 Å². The molecule has 0 aromatic heterocycles. The summed E-state index contributed by atoms with van der Waals surface area (Å²) in [6.07, 6.45) is 3.43. The molecular weight excluding hydrogens is 210 g/mol. The van der Waals surface area contributed by atoms with Crippen LogP contribution in [0.5, 0.6) is 0 Å². The van der Waals surface area contributed by atoms with Crippen LogP contribution in [0.15, 0.2) is 24.3 Å². The first-order chi connectivity index (χ1) is 8.20. The zero-order chi connectivity index (χ0) is 12.3. The first kappa shape index (κ1) is 12.6. The highest BCUT2D eigenvalue weighted by atomic mass is 16.3. The molecule has 2 heteroatoms. The summed E-state index contributed by atoms with van der Waals surface area (Å²) in [7, 11) is 0. The molecule has 1 aromatic rings. The molecule has 2 rings (SSSR count). The second kappa shape index (κ2) is 5.65. The van der Waals surface area contributed by atoms with Gasteiger partial charge in [0.05, 0.1) is 6.10 Å². The van der Waals surface area contributed by atoms with Gasteiger partial charge < -0.3 is 5.11 Å². The SMILES string of the molecule is CCCN(CC(O)c1ccc(C)cc1)C1CC1. The highest BCUT2D eigenvalue weighted by Gasteiger charge is 2.29. The molecule has 1 unspecified atom stereocenters. The number of aryl methyl sites for hydroxylation is 1. The predicted octanol–water partition coefficient (Wildman–Crippen LogP) is 2.90. The average Bonchev–Trinajstić information content (AvgIpc) is 3.13. The summed E-state index contributed by atoms with van der Waals surface area (Å²) in [6, 6.07) is 8.95. The van der Waals surface area contributed by atoms with Gasteiger partial charge in [0.1, 0.15) is 0 Å². The standard InChI is InChI=1S/C15H23NO/c1-3-10-16(14-8-9-14)11-15(17)13-6-4-12(2)5-7-13/h4-7,14-15,17H,3,8-11H2,1-2H3. The van der Waals surface area contributed by atoms with Crippen molar-refractivity contribution in [2.45, 2.75) is 45.3 Å². The van der Waals surface area contributed by atoms with Crippen LogP contribution < -0.4 is 0 Å². The third-order valence-electron chi connectivity index (χ3n) is 3.44. The molecule has 0 aliphatic heterocycles. The lowest BCUT2D eigenvalue weighted by Crippen LogP contribution is -2.31. The molecule has 0 heterocycles. The quantitative estimate of drug-likeness (QED) is 0.816. The van der Waals surface area contributed by atoms with E-state index >= 15 is 0 Å². The molecule has 1 aliphatic carbocycles. The lowest BCUT2D eigenvalue weighted by molar-refractivity contribution is 0.108. The zero-order valence-electron chi connectivity index (χ0n) is 10.9. The van der Waals surface area contributed by atoms with Crippen molar-refractivity contribution in [2.75, 3.05) is 13.1 Å². The molecule has 0 amide bonds. The third kappa shape index (κ3) is 3.55. The summed E-state index contributed by atoms with van der Waals surface area (Å²) in [5, 5.41) is 10.2. The molecule has 1 aliphatic rings. The molecule has 0 radical (unpaired) electrons. The van der Waals surface area contributed by atoms with Crippen molar-refractivity contribution in [2.24, 2.45) is 0 Å². The van der Waals surface area contributed by atoms with Crippen LogP contribution in [0.25, 0.3) is 0 Å². The second-order valence-corrected chi connectivity index (χ2v) is 5.15. The monoisotopic (exact) mass is 233 g/mol. The van der Waals surface area contributed by atoms with Crippen LogP contribution in [0, 0.1) is 6.92 Å². The fraction of sp³-hybridized carbons (Fsp3) is 0.600. The van der Waals surface area contributed by atoms with Crippen LogP contribution >= 0.6 is 0 Å². The molecule has 1 saturated carbocycles. The normalized spacial score (nSPS) is 17.4. The van der Waals surface area contributed by atoms with Gasteiger partial charge in [-0.3, -0.25) is 4.90 Å². The van der Waals surface area contributed by atoms with E-state index in [4.69, 9.17) is 0 Å². The molecule has 1 N–H and O–H groups in total. The maximum Gasteiger partial charge on any atom is 0.0917 e. The molecule has 1 fully saturated rings. The average molecular weight is 233 g/mol. The number of aliphatic hydroxyl groups excluding tert-OH is 1. The minimum absolute atomic E-state index is 0.345. The van der Waals surface area contributed by atoms with Gasteiger partial charge >= 0.3 is 0 Å². The topological polar surface area (TPSA) is 23.5 Å². The zero-order valence-corrected chi connectivity index (χ0v) is 10.9. The summed E-state index contributed by atoms with van der Waals surface area (Å²) in [6.45, 7) is 6.16. The lowest BCUT2D eigenvalue weighted by atomic mass is 10.1. The number of aliphatic hydroxyl groups is 1. The maximum absolute atomic E-state index is 10.2. The fourth-order valence-corrected chi connectivity index (χ4v) is 2.27. The van der Waals surface area contributed by atoms with Crippen molar-refractivity contribution < 1.29 is 5.11 Å². The van der Waals surface area contributed by atoms with E-state index in [9.17, 15) is 5.11 Å². The number of hydrogen-bond donors (Lipinski definition) is 1. The number of nitrogens with zero attached hydrogens (tertiary/aromatic N) is 1. The molecule has 1 atom stereocenters. The largest absolute Gasteiger partial charge is 0.387 e. The van der Waals surface area contributed by atoms with Gasteiger partial charge in [0.2, 0.25) is 0 Å². The minimum Gasteiger partial charge on any atom is -0.387 e. The van der Waals surface area contributed by atoms with Crippen LogP contribution in [0.4, 0.5) is 0 Å². The van der Waals surface area contributed by atoms with Crippen LogP contribution in [0.2, 0.25) is 0 Å². The summed E-state index contributed by atoms with van der Waals surface area (Å²) < 4.78 is 0.